The highest BCUT2D eigenvalue weighted by atomic mass is 79.9. The SMILES string of the molecule is CC1(C)OB(C(F)=Cc2cncc(Br)c2C(F)F)OC1(C)C. The fourth-order valence-corrected chi connectivity index (χ4v) is 2.50. The van der Waals surface area contributed by atoms with Gasteiger partial charge in [0.15, 0.2) is 0 Å². The van der Waals surface area contributed by atoms with E-state index in [2.05, 4.69) is 20.9 Å². The Kier molecular flexibility index (Phi) is 4.75. The first-order valence-corrected chi connectivity index (χ1v) is 7.49. The maximum Gasteiger partial charge on any atom is 0.525 e. The van der Waals surface area contributed by atoms with Gasteiger partial charge in [-0.05, 0) is 49.7 Å². The first-order valence-electron chi connectivity index (χ1n) is 6.69. The average molecular weight is 378 g/mol. The normalized spacial score (nSPS) is 20.8. The highest BCUT2D eigenvalue weighted by Gasteiger charge is 2.53. The molecular weight excluding hydrogens is 362 g/mol. The molecule has 1 fully saturated rings. The average Bonchev–Trinajstić information content (AvgIpc) is 2.58. The number of hydrogen-bond donors (Lipinski definition) is 0. The zero-order valence-electron chi connectivity index (χ0n) is 12.7. The van der Waals surface area contributed by atoms with Crippen molar-refractivity contribution in [3.8, 4) is 0 Å². The summed E-state index contributed by atoms with van der Waals surface area (Å²) in [6.45, 7) is 7.13. The molecule has 0 amide bonds. The van der Waals surface area contributed by atoms with Crippen molar-refractivity contribution in [2.24, 2.45) is 0 Å². The van der Waals surface area contributed by atoms with Gasteiger partial charge in [-0.2, -0.15) is 0 Å². The lowest BCUT2D eigenvalue weighted by Gasteiger charge is -2.32. The molecule has 120 valence electrons. The molecule has 0 saturated carbocycles. The minimum atomic E-state index is -2.75. The monoisotopic (exact) mass is 377 g/mol. The molecule has 0 unspecified atom stereocenters. The van der Waals surface area contributed by atoms with Crippen molar-refractivity contribution >= 4 is 29.1 Å². The van der Waals surface area contributed by atoms with Gasteiger partial charge in [-0.1, -0.05) is 0 Å². The van der Waals surface area contributed by atoms with Crippen LogP contribution in [0.5, 0.6) is 0 Å². The lowest BCUT2D eigenvalue weighted by atomic mass is 9.86. The van der Waals surface area contributed by atoms with Crippen molar-refractivity contribution in [3.05, 3.63) is 33.7 Å². The molecule has 1 aliphatic heterocycles. The third kappa shape index (κ3) is 3.23. The molecule has 0 bridgehead atoms. The number of alkyl halides is 2. The molecule has 1 aliphatic rings. The summed E-state index contributed by atoms with van der Waals surface area (Å²) in [5.74, 6) is 0. The summed E-state index contributed by atoms with van der Waals surface area (Å²) in [5.41, 5.74) is -2.52. The highest BCUT2D eigenvalue weighted by molar-refractivity contribution is 9.10. The van der Waals surface area contributed by atoms with E-state index in [4.69, 9.17) is 9.31 Å². The van der Waals surface area contributed by atoms with Crippen LogP contribution in [0.1, 0.15) is 45.2 Å². The molecule has 22 heavy (non-hydrogen) atoms. The molecule has 1 aromatic rings. The summed E-state index contributed by atoms with van der Waals surface area (Å²) in [6.07, 6.45) is 0.638. The van der Waals surface area contributed by atoms with E-state index in [-0.39, 0.29) is 15.6 Å². The summed E-state index contributed by atoms with van der Waals surface area (Å²) in [4.78, 5) is 3.79. The Morgan fingerprint density at radius 3 is 2.27 bits per heavy atom. The van der Waals surface area contributed by atoms with E-state index in [1.807, 2.05) is 0 Å². The molecule has 0 aliphatic carbocycles. The molecule has 1 aromatic heterocycles. The maximum atomic E-state index is 14.4. The number of hydrogen-bond acceptors (Lipinski definition) is 3. The van der Waals surface area contributed by atoms with Crippen LogP contribution in [0.25, 0.3) is 6.08 Å². The molecule has 0 spiro atoms. The second kappa shape index (κ2) is 5.98. The van der Waals surface area contributed by atoms with Crippen molar-refractivity contribution in [1.82, 2.24) is 4.98 Å². The van der Waals surface area contributed by atoms with Gasteiger partial charge in [0.05, 0.1) is 11.2 Å². The number of aromatic nitrogens is 1. The standard InChI is InChI=1S/C14H16BBrF3NO2/c1-13(2)14(3,4)22-15(21-13)10(17)5-8-6-20-7-9(16)11(8)12(18)19/h5-7,12H,1-4H3. The van der Waals surface area contributed by atoms with E-state index in [0.717, 1.165) is 6.08 Å². The molecule has 0 atom stereocenters. The Balaban J connectivity index is 2.34. The molecule has 0 N–H and O–H groups in total. The molecule has 1 saturated heterocycles. The van der Waals surface area contributed by atoms with Crippen molar-refractivity contribution in [1.29, 1.82) is 0 Å². The van der Waals surface area contributed by atoms with Gasteiger partial charge >= 0.3 is 7.12 Å². The van der Waals surface area contributed by atoms with E-state index >= 15 is 0 Å². The van der Waals surface area contributed by atoms with E-state index in [1.54, 1.807) is 27.7 Å². The highest BCUT2D eigenvalue weighted by Crippen LogP contribution is 2.39. The van der Waals surface area contributed by atoms with Crippen molar-refractivity contribution in [2.75, 3.05) is 0 Å². The maximum absolute atomic E-state index is 14.4. The van der Waals surface area contributed by atoms with Gasteiger partial charge in [0.2, 0.25) is 0 Å². The third-order valence-corrected chi connectivity index (χ3v) is 4.59. The quantitative estimate of drug-likeness (QED) is 0.714. The van der Waals surface area contributed by atoms with Crippen molar-refractivity contribution in [2.45, 2.75) is 45.3 Å². The van der Waals surface area contributed by atoms with E-state index in [9.17, 15) is 13.2 Å². The van der Waals surface area contributed by atoms with Crippen LogP contribution in [0.15, 0.2) is 22.6 Å². The van der Waals surface area contributed by atoms with Gasteiger partial charge in [0, 0.05) is 28.0 Å². The van der Waals surface area contributed by atoms with Gasteiger partial charge in [0.25, 0.3) is 6.43 Å². The number of pyridine rings is 1. The predicted octanol–water partition coefficient (Wildman–Crippen LogP) is 4.72. The zero-order valence-corrected chi connectivity index (χ0v) is 14.2. The summed E-state index contributed by atoms with van der Waals surface area (Å²) in [7, 11) is -1.23. The van der Waals surface area contributed by atoms with Gasteiger partial charge in [-0.3, -0.25) is 4.98 Å². The Bertz CT molecular complexity index is 592. The molecule has 0 aromatic carbocycles. The summed E-state index contributed by atoms with van der Waals surface area (Å²) >= 11 is 3.00. The molecule has 3 nitrogen and oxygen atoms in total. The van der Waals surface area contributed by atoms with Crippen LogP contribution in [-0.4, -0.2) is 23.3 Å². The van der Waals surface area contributed by atoms with E-state index in [1.165, 1.54) is 12.4 Å². The first-order chi connectivity index (χ1) is 10.0. The Morgan fingerprint density at radius 2 is 1.77 bits per heavy atom. The second-order valence-electron chi connectivity index (χ2n) is 6.04. The van der Waals surface area contributed by atoms with Gasteiger partial charge in [-0.25, -0.2) is 13.2 Å². The largest absolute Gasteiger partial charge is 0.525 e. The third-order valence-electron chi connectivity index (χ3n) is 3.96. The van der Waals surface area contributed by atoms with Crippen LogP contribution >= 0.6 is 15.9 Å². The molecule has 0 radical (unpaired) electrons. The van der Waals surface area contributed by atoms with Crippen LogP contribution in [0.2, 0.25) is 0 Å². The zero-order chi connectivity index (χ0) is 16.7. The van der Waals surface area contributed by atoms with Crippen molar-refractivity contribution in [3.63, 3.8) is 0 Å². The number of halogens is 4. The van der Waals surface area contributed by atoms with Gasteiger partial charge in [-0.15, -0.1) is 0 Å². The van der Waals surface area contributed by atoms with Crippen LogP contribution in [-0.2, 0) is 9.31 Å². The molecule has 2 rings (SSSR count). The molecular formula is C14H16BBrF3NO2. The van der Waals surface area contributed by atoms with Gasteiger partial charge < -0.3 is 9.31 Å². The minimum Gasteiger partial charge on any atom is -0.398 e. The van der Waals surface area contributed by atoms with Crippen LogP contribution in [0.3, 0.4) is 0 Å². The Morgan fingerprint density at radius 1 is 1.23 bits per heavy atom. The number of rotatable bonds is 3. The van der Waals surface area contributed by atoms with Crippen LogP contribution < -0.4 is 0 Å². The predicted molar refractivity (Wildman–Crippen MR) is 82.1 cm³/mol. The van der Waals surface area contributed by atoms with Crippen LogP contribution in [0.4, 0.5) is 13.2 Å². The summed E-state index contributed by atoms with van der Waals surface area (Å²) in [6, 6.07) is 0. The first kappa shape index (κ1) is 17.5. The molecule has 2 heterocycles. The Labute approximate surface area is 136 Å². The minimum absolute atomic E-state index is 0.0170. The lowest BCUT2D eigenvalue weighted by molar-refractivity contribution is 0.00578. The topological polar surface area (TPSA) is 31.4 Å². The second-order valence-corrected chi connectivity index (χ2v) is 6.90. The smallest absolute Gasteiger partial charge is 0.398 e. The molecule has 8 heteroatoms. The Hall–Kier alpha value is -0.855. The number of nitrogens with zero attached hydrogens (tertiary/aromatic N) is 1. The van der Waals surface area contributed by atoms with Crippen LogP contribution in [0, 0.1) is 0 Å². The van der Waals surface area contributed by atoms with Gasteiger partial charge in [0.1, 0.15) is 5.73 Å². The summed E-state index contributed by atoms with van der Waals surface area (Å²) < 4.78 is 51.8. The fraction of sp³-hybridized carbons (Fsp3) is 0.500. The van der Waals surface area contributed by atoms with E-state index < -0.39 is 30.5 Å². The summed E-state index contributed by atoms with van der Waals surface area (Å²) in [5, 5.41) is 0. The van der Waals surface area contributed by atoms with Crippen molar-refractivity contribution < 1.29 is 22.5 Å². The van der Waals surface area contributed by atoms with E-state index in [0.29, 0.717) is 0 Å². The lowest BCUT2D eigenvalue weighted by Crippen LogP contribution is -2.41. The fourth-order valence-electron chi connectivity index (χ4n) is 1.98.